The lowest BCUT2D eigenvalue weighted by atomic mass is 9.93. The fourth-order valence-corrected chi connectivity index (χ4v) is 9.28. The summed E-state index contributed by atoms with van der Waals surface area (Å²) < 4.78 is 196. The van der Waals surface area contributed by atoms with E-state index in [-0.39, 0.29) is 38.5 Å². The number of carbonyl (C=O) groups excluding carboxylic acids is 1. The third-order valence-corrected chi connectivity index (χ3v) is 14.7. The number of nitrogens with one attached hydrogen (secondary N) is 1. The highest BCUT2D eigenvalue weighted by atomic mass is 35.5. The highest BCUT2D eigenvalue weighted by molar-refractivity contribution is 7.92. The van der Waals surface area contributed by atoms with Gasteiger partial charge in [0.25, 0.3) is 5.92 Å². The molecule has 3 aromatic heterocycles. The van der Waals surface area contributed by atoms with Crippen LogP contribution in [0.1, 0.15) is 66.1 Å². The number of aliphatic hydroxyl groups excluding tert-OH is 1. The van der Waals surface area contributed by atoms with Gasteiger partial charge >= 0.3 is 12.4 Å². The Balaban J connectivity index is 1.48. The fraction of sp³-hybridized carbons (Fsp3) is 0.415. The number of amides is 1. The van der Waals surface area contributed by atoms with Gasteiger partial charge in [-0.05, 0) is 74.4 Å². The van der Waals surface area contributed by atoms with Gasteiger partial charge in [-0.3, -0.25) is 14.2 Å². The first-order chi connectivity index (χ1) is 30.8. The van der Waals surface area contributed by atoms with Gasteiger partial charge in [0.15, 0.2) is 21.3 Å². The SMILES string of the molecule is CC(C)(C#Cc1ccc(-c2ccc(Cl)c3c(N(CCO)S(C)(=O)=O)nn(CC(F)(F)F)c23)c([C@H](Cc2cc(F)cc(F)c2)NC(=O)Cn2nc(C(F)(F)F)c3c2C(F)(F)[C@@H]2C[C@H]32)n1)S(C)(=O)=O. The quantitative estimate of drug-likeness (QED) is 0.0928. The largest absolute Gasteiger partial charge is 0.435 e. The van der Waals surface area contributed by atoms with Crippen molar-refractivity contribution in [3.8, 4) is 23.0 Å². The van der Waals surface area contributed by atoms with E-state index in [1.165, 1.54) is 26.0 Å². The molecule has 0 bridgehead atoms. The number of hydrogen-bond acceptors (Lipinski definition) is 9. The average molecular weight is 1010 g/mol. The smallest absolute Gasteiger partial charge is 0.394 e. The Kier molecular flexibility index (Phi) is 12.5. The molecular formula is C41H36ClF10N7O6S2. The molecule has 1 amide bonds. The van der Waals surface area contributed by atoms with Crippen molar-refractivity contribution in [2.75, 3.05) is 30.0 Å². The Hall–Kier alpha value is -5.45. The fourth-order valence-electron chi connectivity index (χ4n) is 7.95. The number of benzene rings is 2. The van der Waals surface area contributed by atoms with Gasteiger partial charge in [0, 0.05) is 34.9 Å². The summed E-state index contributed by atoms with van der Waals surface area (Å²) in [5.74, 6) is -5.54. The van der Waals surface area contributed by atoms with Crippen LogP contribution in [0.2, 0.25) is 5.02 Å². The number of alkyl halides is 8. The Morgan fingerprint density at radius 1 is 0.985 bits per heavy atom. The van der Waals surface area contributed by atoms with Gasteiger partial charge in [0.1, 0.15) is 40.9 Å². The van der Waals surface area contributed by atoms with Crippen molar-refractivity contribution in [2.24, 2.45) is 5.92 Å². The summed E-state index contributed by atoms with van der Waals surface area (Å²) in [5.41, 5.74) is -5.39. The van der Waals surface area contributed by atoms with Gasteiger partial charge in [0.05, 0.1) is 47.1 Å². The summed E-state index contributed by atoms with van der Waals surface area (Å²) in [4.78, 5) is 18.6. The van der Waals surface area contributed by atoms with Crippen molar-refractivity contribution in [3.05, 3.63) is 93.0 Å². The minimum absolute atomic E-state index is 0.210. The minimum Gasteiger partial charge on any atom is -0.394 e. The van der Waals surface area contributed by atoms with Crippen molar-refractivity contribution in [2.45, 2.75) is 74.8 Å². The first kappa shape index (κ1) is 49.5. The molecule has 3 heterocycles. The van der Waals surface area contributed by atoms with Crippen LogP contribution in [0.4, 0.5) is 49.7 Å². The number of sulfonamides is 1. The Bertz CT molecular complexity index is 3110. The summed E-state index contributed by atoms with van der Waals surface area (Å²) in [7, 11) is -8.26. The summed E-state index contributed by atoms with van der Waals surface area (Å²) in [6.45, 7) is -2.16. The van der Waals surface area contributed by atoms with Crippen molar-refractivity contribution < 1.29 is 70.6 Å². The number of halogens is 11. The molecule has 13 nitrogen and oxygen atoms in total. The van der Waals surface area contributed by atoms with Gasteiger partial charge < -0.3 is 10.4 Å². The first-order valence-electron chi connectivity index (χ1n) is 19.7. The molecule has 0 radical (unpaired) electrons. The number of aromatic nitrogens is 5. The normalized spacial score (nSPS) is 17.4. The average Bonchev–Trinajstić information content (AvgIpc) is 3.69. The lowest BCUT2D eigenvalue weighted by molar-refractivity contribution is -0.143. The van der Waals surface area contributed by atoms with Crippen LogP contribution in [0.3, 0.4) is 0 Å². The predicted octanol–water partition coefficient (Wildman–Crippen LogP) is 7.05. The number of pyridine rings is 1. The van der Waals surface area contributed by atoms with Crippen molar-refractivity contribution in [3.63, 3.8) is 0 Å². The molecule has 26 heteroatoms. The lowest BCUT2D eigenvalue weighted by Crippen LogP contribution is -2.35. The summed E-state index contributed by atoms with van der Waals surface area (Å²) in [5, 5.41) is 18.8. The van der Waals surface area contributed by atoms with E-state index in [1.54, 1.807) is 0 Å². The van der Waals surface area contributed by atoms with E-state index >= 15 is 8.78 Å². The van der Waals surface area contributed by atoms with Crippen LogP contribution < -0.4 is 9.62 Å². The standard InChI is InChI=1S/C41H36ClF10N7O6S2/c1-38(2,66(3,62)63)10-9-23-5-6-24(25-7-8-28(42)32-34(25)58(19-39(45,46)47)56-37(32)59(11-12-60)67(4,64)65)33(53-23)29(15-20-13-21(43)16-22(44)14-20)54-30(61)18-57-36-31(35(55-57)41(50,51)52)26-17-27(26)40(36,48)49/h5-8,13-14,16,26-27,29,60H,11-12,15,17-19H2,1-4H3,(H,54,61)/t26-,27+,29-/m0/s1. The van der Waals surface area contributed by atoms with Crippen LogP contribution in [0.5, 0.6) is 0 Å². The second kappa shape index (κ2) is 17.0. The van der Waals surface area contributed by atoms with E-state index in [2.05, 4.69) is 32.3 Å². The number of anilines is 1. The molecule has 360 valence electrons. The predicted molar refractivity (Wildman–Crippen MR) is 222 cm³/mol. The molecule has 2 aliphatic rings. The highest BCUT2D eigenvalue weighted by Crippen LogP contribution is 2.68. The number of hydrogen-bond donors (Lipinski definition) is 2. The van der Waals surface area contributed by atoms with E-state index in [1.807, 2.05) is 0 Å². The number of nitrogens with zero attached hydrogens (tertiary/aromatic N) is 6. The molecule has 0 aliphatic heterocycles. The molecular weight excluding hydrogens is 976 g/mol. The van der Waals surface area contributed by atoms with Crippen LogP contribution in [0.15, 0.2) is 42.5 Å². The number of aliphatic hydroxyl groups is 1. The van der Waals surface area contributed by atoms with Crippen molar-refractivity contribution in [1.29, 1.82) is 0 Å². The van der Waals surface area contributed by atoms with Gasteiger partial charge in [-0.15, -0.1) is 0 Å². The monoisotopic (exact) mass is 1010 g/mol. The molecule has 2 aromatic carbocycles. The topological polar surface area (TPSA) is 169 Å². The summed E-state index contributed by atoms with van der Waals surface area (Å²) in [6, 6.07) is 5.11. The maximum atomic E-state index is 15.5. The molecule has 67 heavy (non-hydrogen) atoms. The third-order valence-electron chi connectivity index (χ3n) is 11.2. The Morgan fingerprint density at radius 2 is 1.63 bits per heavy atom. The maximum absolute atomic E-state index is 15.5. The summed E-state index contributed by atoms with van der Waals surface area (Å²) in [6.07, 6.45) is -9.57. The van der Waals surface area contributed by atoms with E-state index in [4.69, 9.17) is 11.6 Å². The molecule has 1 fully saturated rings. The van der Waals surface area contributed by atoms with Crippen LogP contribution in [0.25, 0.3) is 22.0 Å². The molecule has 0 unspecified atom stereocenters. The molecule has 1 saturated carbocycles. The van der Waals surface area contributed by atoms with Gasteiger partial charge in [-0.2, -0.15) is 45.3 Å². The van der Waals surface area contributed by atoms with E-state index in [0.29, 0.717) is 21.3 Å². The molecule has 5 aromatic rings. The summed E-state index contributed by atoms with van der Waals surface area (Å²) >= 11 is 6.57. The van der Waals surface area contributed by atoms with E-state index in [0.717, 1.165) is 30.5 Å². The number of rotatable bonds is 13. The van der Waals surface area contributed by atoms with Gasteiger partial charge in [-0.25, -0.2) is 34.9 Å². The van der Waals surface area contributed by atoms with Crippen LogP contribution in [-0.4, -0.2) is 89.0 Å². The van der Waals surface area contributed by atoms with Crippen LogP contribution in [0, 0.1) is 29.4 Å². The molecule has 2 N–H and O–H groups in total. The second-order valence-electron chi connectivity index (χ2n) is 16.6. The second-order valence-corrected chi connectivity index (χ2v) is 21.5. The van der Waals surface area contributed by atoms with Crippen molar-refractivity contribution >= 4 is 54.1 Å². The lowest BCUT2D eigenvalue weighted by Gasteiger charge is -2.23. The molecule has 3 atom stereocenters. The molecule has 7 rings (SSSR count). The maximum Gasteiger partial charge on any atom is 0.435 e. The molecule has 0 saturated heterocycles. The zero-order valence-electron chi connectivity index (χ0n) is 35.2. The molecule has 2 aliphatic carbocycles. The zero-order chi connectivity index (χ0) is 49.6. The third kappa shape index (κ3) is 9.80. The van der Waals surface area contributed by atoms with Crippen molar-refractivity contribution in [1.82, 2.24) is 29.9 Å². The number of fused-ring (bicyclic) bond motifs is 4. The van der Waals surface area contributed by atoms with Crippen LogP contribution in [-0.2, 0) is 56.3 Å². The minimum atomic E-state index is -5.20. The Labute approximate surface area is 380 Å². The number of carbonyl (C=O) groups is 1. The van der Waals surface area contributed by atoms with Crippen LogP contribution >= 0.6 is 11.6 Å². The Morgan fingerprint density at radius 3 is 2.21 bits per heavy atom. The first-order valence-corrected chi connectivity index (χ1v) is 23.8. The molecule has 0 spiro atoms. The zero-order valence-corrected chi connectivity index (χ0v) is 37.6. The van der Waals surface area contributed by atoms with E-state index in [9.17, 15) is 61.9 Å². The van der Waals surface area contributed by atoms with Gasteiger partial charge in [0.2, 0.25) is 15.9 Å². The van der Waals surface area contributed by atoms with Gasteiger partial charge in [-0.1, -0.05) is 23.6 Å². The highest BCUT2D eigenvalue weighted by Gasteiger charge is 2.68. The number of sulfone groups is 1. The van der Waals surface area contributed by atoms with E-state index < -0.39 is 150 Å².